The van der Waals surface area contributed by atoms with Crippen LogP contribution in [0.5, 0.6) is 0 Å². The van der Waals surface area contributed by atoms with Crippen molar-refractivity contribution >= 4 is 11.8 Å². The van der Waals surface area contributed by atoms with E-state index in [2.05, 4.69) is 12.2 Å². The topological polar surface area (TPSA) is 49.4 Å². The van der Waals surface area contributed by atoms with E-state index in [1.165, 1.54) is 38.5 Å². The van der Waals surface area contributed by atoms with E-state index >= 15 is 0 Å². The molecule has 1 saturated heterocycles. The van der Waals surface area contributed by atoms with Gasteiger partial charge in [0.2, 0.25) is 11.8 Å². The van der Waals surface area contributed by atoms with Crippen LogP contribution in [-0.4, -0.2) is 35.8 Å². The van der Waals surface area contributed by atoms with Crippen molar-refractivity contribution in [3.05, 3.63) is 0 Å². The Labute approximate surface area is 152 Å². The first-order valence-corrected chi connectivity index (χ1v) is 10.6. The molecule has 1 N–H and O–H groups in total. The lowest BCUT2D eigenvalue weighted by atomic mass is 9.49. The van der Waals surface area contributed by atoms with Crippen LogP contribution >= 0.6 is 0 Å². The molecule has 0 aromatic rings. The molecule has 2 amide bonds. The van der Waals surface area contributed by atoms with Gasteiger partial charge in [-0.15, -0.1) is 0 Å². The average molecular weight is 347 g/mol. The Bertz CT molecular complexity index is 487. The van der Waals surface area contributed by atoms with Crippen LogP contribution in [0.3, 0.4) is 0 Å². The number of carbonyl (C=O) groups excluding carboxylic acids is 2. The quantitative estimate of drug-likeness (QED) is 0.828. The van der Waals surface area contributed by atoms with E-state index in [1.54, 1.807) is 0 Å². The molecule has 0 aromatic carbocycles. The van der Waals surface area contributed by atoms with Crippen molar-refractivity contribution in [1.29, 1.82) is 0 Å². The van der Waals surface area contributed by atoms with Gasteiger partial charge in [-0.1, -0.05) is 6.92 Å². The van der Waals surface area contributed by atoms with Gasteiger partial charge in [0.15, 0.2) is 0 Å². The lowest BCUT2D eigenvalue weighted by Gasteiger charge is -2.56. The second kappa shape index (κ2) is 6.92. The predicted octanol–water partition coefficient (Wildman–Crippen LogP) is 3.50. The number of hydrogen-bond donors (Lipinski definition) is 1. The molecule has 1 aliphatic heterocycles. The number of rotatable bonds is 5. The third-order valence-corrected chi connectivity index (χ3v) is 7.38. The zero-order chi connectivity index (χ0) is 17.4. The SMILES string of the molecule is CCCC(=O)N1CCC(NC(=O)CC23CC4CC(CC(C4)C2)C3)CC1. The molecule has 0 aromatic heterocycles. The first-order chi connectivity index (χ1) is 12.0. The molecular formula is C21H34N2O2. The zero-order valence-corrected chi connectivity index (χ0v) is 15.8. The van der Waals surface area contributed by atoms with Gasteiger partial charge >= 0.3 is 0 Å². The number of amides is 2. The molecule has 4 aliphatic carbocycles. The lowest BCUT2D eigenvalue weighted by Crippen LogP contribution is -2.50. The minimum Gasteiger partial charge on any atom is -0.353 e. The fourth-order valence-corrected chi connectivity index (χ4v) is 6.77. The summed E-state index contributed by atoms with van der Waals surface area (Å²) in [7, 11) is 0. The van der Waals surface area contributed by atoms with E-state index in [-0.39, 0.29) is 17.9 Å². The molecule has 4 heteroatoms. The summed E-state index contributed by atoms with van der Waals surface area (Å²) in [5.74, 6) is 3.28. The number of carbonyl (C=O) groups is 2. The first-order valence-electron chi connectivity index (χ1n) is 10.6. The zero-order valence-electron chi connectivity index (χ0n) is 15.8. The molecule has 0 spiro atoms. The Morgan fingerprint density at radius 1 is 1.00 bits per heavy atom. The molecule has 0 atom stereocenters. The van der Waals surface area contributed by atoms with Crippen LogP contribution in [0.2, 0.25) is 0 Å². The van der Waals surface area contributed by atoms with Gasteiger partial charge in [-0.3, -0.25) is 9.59 Å². The van der Waals surface area contributed by atoms with E-state index in [1.807, 2.05) is 4.90 Å². The van der Waals surface area contributed by atoms with E-state index in [4.69, 9.17) is 0 Å². The number of nitrogens with zero attached hydrogens (tertiary/aromatic N) is 1. The molecular weight excluding hydrogens is 312 g/mol. The molecule has 5 aliphatic rings. The maximum Gasteiger partial charge on any atom is 0.222 e. The van der Waals surface area contributed by atoms with Gasteiger partial charge in [-0.25, -0.2) is 0 Å². The summed E-state index contributed by atoms with van der Waals surface area (Å²) in [5, 5.41) is 3.31. The summed E-state index contributed by atoms with van der Waals surface area (Å²) in [5.41, 5.74) is 0.330. The third-order valence-electron chi connectivity index (χ3n) is 7.38. The van der Waals surface area contributed by atoms with Crippen molar-refractivity contribution in [3.8, 4) is 0 Å². The number of nitrogens with one attached hydrogen (secondary N) is 1. The fourth-order valence-electron chi connectivity index (χ4n) is 6.77. The van der Waals surface area contributed by atoms with Crippen LogP contribution in [0.4, 0.5) is 0 Å². The lowest BCUT2D eigenvalue weighted by molar-refractivity contribution is -0.133. The molecule has 0 unspecified atom stereocenters. The maximum absolute atomic E-state index is 12.7. The van der Waals surface area contributed by atoms with Crippen LogP contribution in [0.1, 0.15) is 77.6 Å². The first kappa shape index (κ1) is 17.4. The maximum atomic E-state index is 12.7. The number of likely N-dealkylation sites (tertiary alicyclic amines) is 1. The van der Waals surface area contributed by atoms with E-state index in [0.29, 0.717) is 11.8 Å². The minimum atomic E-state index is 0.270. The second-order valence-corrected chi connectivity index (χ2v) is 9.57. The van der Waals surface area contributed by atoms with Gasteiger partial charge in [0.1, 0.15) is 0 Å². The van der Waals surface area contributed by atoms with Crippen molar-refractivity contribution < 1.29 is 9.59 Å². The van der Waals surface area contributed by atoms with Gasteiger partial charge in [-0.05, 0) is 81.0 Å². The van der Waals surface area contributed by atoms with Crippen LogP contribution < -0.4 is 5.32 Å². The molecule has 1 heterocycles. The Morgan fingerprint density at radius 3 is 2.08 bits per heavy atom. The van der Waals surface area contributed by atoms with Crippen molar-refractivity contribution in [3.63, 3.8) is 0 Å². The van der Waals surface area contributed by atoms with E-state index in [0.717, 1.165) is 56.5 Å². The summed E-state index contributed by atoms with van der Waals surface area (Å²) in [6, 6.07) is 0.270. The van der Waals surface area contributed by atoms with E-state index < -0.39 is 0 Å². The predicted molar refractivity (Wildman–Crippen MR) is 97.9 cm³/mol. The third kappa shape index (κ3) is 3.73. The smallest absolute Gasteiger partial charge is 0.222 e. The summed E-state index contributed by atoms with van der Waals surface area (Å²) in [6.45, 7) is 3.66. The van der Waals surface area contributed by atoms with Crippen LogP contribution in [0.25, 0.3) is 0 Å². The fraction of sp³-hybridized carbons (Fsp3) is 0.905. The summed E-state index contributed by atoms with van der Waals surface area (Å²) >= 11 is 0. The van der Waals surface area contributed by atoms with Gasteiger partial charge in [0.05, 0.1) is 0 Å². The Morgan fingerprint density at radius 2 is 1.56 bits per heavy atom. The minimum absolute atomic E-state index is 0.270. The standard InChI is InChI=1S/C21H34N2O2/c1-2-3-20(25)23-6-4-18(5-7-23)22-19(24)14-21-11-15-8-16(12-21)10-17(9-15)13-21/h15-18H,2-14H2,1H3,(H,22,24). The molecule has 0 radical (unpaired) electrons. The molecule has 4 nitrogen and oxygen atoms in total. The summed E-state index contributed by atoms with van der Waals surface area (Å²) < 4.78 is 0. The highest BCUT2D eigenvalue weighted by atomic mass is 16.2. The molecule has 5 fully saturated rings. The van der Waals surface area contributed by atoms with Crippen LogP contribution in [-0.2, 0) is 9.59 Å². The molecule has 4 saturated carbocycles. The van der Waals surface area contributed by atoms with Crippen molar-refractivity contribution in [2.75, 3.05) is 13.1 Å². The Balaban J connectivity index is 1.26. The van der Waals surface area contributed by atoms with Crippen molar-refractivity contribution in [2.24, 2.45) is 23.2 Å². The van der Waals surface area contributed by atoms with Crippen LogP contribution in [0.15, 0.2) is 0 Å². The highest BCUT2D eigenvalue weighted by Gasteiger charge is 2.51. The van der Waals surface area contributed by atoms with Gasteiger partial charge in [0.25, 0.3) is 0 Å². The van der Waals surface area contributed by atoms with Crippen molar-refractivity contribution in [2.45, 2.75) is 83.6 Å². The van der Waals surface area contributed by atoms with Gasteiger partial charge in [0, 0.05) is 32.0 Å². The van der Waals surface area contributed by atoms with Gasteiger partial charge < -0.3 is 10.2 Å². The second-order valence-electron chi connectivity index (χ2n) is 9.57. The highest BCUT2D eigenvalue weighted by molar-refractivity contribution is 5.77. The van der Waals surface area contributed by atoms with Crippen LogP contribution in [0, 0.1) is 23.2 Å². The summed E-state index contributed by atoms with van der Waals surface area (Å²) in [6.07, 6.45) is 12.4. The molecule has 25 heavy (non-hydrogen) atoms. The highest BCUT2D eigenvalue weighted by Crippen LogP contribution is 2.61. The molecule has 4 bridgehead atoms. The molecule has 140 valence electrons. The Kier molecular flexibility index (Phi) is 4.81. The summed E-state index contributed by atoms with van der Waals surface area (Å²) in [4.78, 5) is 26.7. The monoisotopic (exact) mass is 346 g/mol. The Hall–Kier alpha value is -1.06. The normalized spacial score (nSPS) is 37.3. The van der Waals surface area contributed by atoms with E-state index in [9.17, 15) is 9.59 Å². The number of hydrogen-bond acceptors (Lipinski definition) is 2. The average Bonchev–Trinajstić information content (AvgIpc) is 2.53. The van der Waals surface area contributed by atoms with Gasteiger partial charge in [-0.2, -0.15) is 0 Å². The largest absolute Gasteiger partial charge is 0.353 e. The molecule has 5 rings (SSSR count). The van der Waals surface area contributed by atoms with Crippen molar-refractivity contribution in [1.82, 2.24) is 10.2 Å². The number of piperidine rings is 1.